The van der Waals surface area contributed by atoms with Crippen LogP contribution in [0.2, 0.25) is 0 Å². The number of rotatable bonds is 3. The predicted octanol–water partition coefficient (Wildman–Crippen LogP) is 4.74. The third-order valence-electron chi connectivity index (χ3n) is 2.28. The van der Waals surface area contributed by atoms with Crippen LogP contribution < -0.4 is 0 Å². The molecule has 0 amide bonds. The first-order valence-electron chi connectivity index (χ1n) is 5.63. The van der Waals surface area contributed by atoms with Gasteiger partial charge < -0.3 is 0 Å². The second-order valence-electron chi connectivity index (χ2n) is 3.64. The average Bonchev–Trinajstić information content (AvgIpc) is 2.47. The molecule has 0 spiro atoms. The Morgan fingerprint density at radius 1 is 0.650 bits per heavy atom. The van der Waals surface area contributed by atoms with E-state index in [1.165, 1.54) is 0 Å². The first kappa shape index (κ1) is 16.7. The number of hydrogen-bond donors (Lipinski definition) is 0. The number of halogens is 3. The van der Waals surface area contributed by atoms with Gasteiger partial charge in [0, 0.05) is 11.1 Å². The van der Waals surface area contributed by atoms with Crippen molar-refractivity contribution in [2.45, 2.75) is 4.30 Å². The van der Waals surface area contributed by atoms with E-state index in [4.69, 9.17) is 34.8 Å². The molecule has 2 rings (SSSR count). The van der Waals surface area contributed by atoms with Gasteiger partial charge in [-0.1, -0.05) is 95.5 Å². The van der Waals surface area contributed by atoms with Gasteiger partial charge in [-0.05, 0) is 0 Å². The normalized spacial score (nSPS) is 9.60. The van der Waals surface area contributed by atoms with Gasteiger partial charge in [0.2, 0.25) is 11.6 Å². The van der Waals surface area contributed by atoms with Crippen molar-refractivity contribution in [2.75, 3.05) is 0 Å². The van der Waals surface area contributed by atoms with Gasteiger partial charge in [0.15, 0.2) is 4.30 Å². The van der Waals surface area contributed by atoms with Crippen molar-refractivity contribution >= 4 is 46.4 Å². The van der Waals surface area contributed by atoms with Crippen LogP contribution >= 0.6 is 34.8 Å². The fourth-order valence-electron chi connectivity index (χ4n) is 1.44. The summed E-state index contributed by atoms with van der Waals surface area (Å²) in [4.78, 5) is 23.6. The smallest absolute Gasteiger partial charge is 0.233 e. The van der Waals surface area contributed by atoms with Gasteiger partial charge in [-0.2, -0.15) is 0 Å². The van der Waals surface area contributed by atoms with Crippen molar-refractivity contribution in [3.05, 3.63) is 71.8 Å². The number of ketones is 2. The Hall–Kier alpha value is -1.35. The first-order valence-corrected chi connectivity index (χ1v) is 6.94. The number of benzene rings is 2. The molecule has 104 valence electrons. The summed E-state index contributed by atoms with van der Waals surface area (Å²) in [7, 11) is 0. The Kier molecular flexibility index (Phi) is 7.31. The lowest BCUT2D eigenvalue weighted by molar-refractivity contribution is 0.0817. The minimum absolute atomic E-state index is 0.427. The largest absolute Gasteiger partial charge is 0.285 e. The summed E-state index contributed by atoms with van der Waals surface area (Å²) in [5, 5.41) is 0. The summed E-state index contributed by atoms with van der Waals surface area (Å²) in [5.41, 5.74) is 0.854. The van der Waals surface area contributed by atoms with Crippen LogP contribution in [-0.4, -0.2) is 15.9 Å². The van der Waals surface area contributed by atoms with Gasteiger partial charge in [-0.3, -0.25) is 9.59 Å². The average molecular weight is 330 g/mol. The molecule has 0 saturated carbocycles. The number of Topliss-reactive ketones (excluding diaryl/α,β-unsaturated/α-hetero) is 2. The van der Waals surface area contributed by atoms with Crippen LogP contribution in [0.3, 0.4) is 0 Å². The Morgan fingerprint density at radius 2 is 0.900 bits per heavy atom. The van der Waals surface area contributed by atoms with Gasteiger partial charge in [0.1, 0.15) is 0 Å². The van der Waals surface area contributed by atoms with E-state index >= 15 is 0 Å². The molecule has 0 radical (unpaired) electrons. The quantitative estimate of drug-likeness (QED) is 0.463. The molecule has 0 fully saturated rings. The minimum atomic E-state index is -0.750. The highest BCUT2D eigenvalue weighted by molar-refractivity contribution is 6.63. The molecular formula is C15H11Cl3O2. The highest BCUT2D eigenvalue weighted by Gasteiger charge is 2.16. The van der Waals surface area contributed by atoms with Gasteiger partial charge >= 0.3 is 0 Å². The number of carbonyl (C=O) groups is 2. The molecule has 0 saturated heterocycles. The summed E-state index contributed by atoms with van der Waals surface area (Å²) in [5.74, 6) is -0.932. The lowest BCUT2D eigenvalue weighted by Crippen LogP contribution is -2.14. The van der Waals surface area contributed by atoms with E-state index in [1.54, 1.807) is 48.5 Å². The molecule has 2 aromatic carbocycles. The summed E-state index contributed by atoms with van der Waals surface area (Å²) in [6.45, 7) is 0. The van der Waals surface area contributed by atoms with E-state index in [0.29, 0.717) is 11.1 Å². The number of carbonyl (C=O) groups excluding carboxylic acids is 2. The van der Waals surface area contributed by atoms with Crippen LogP contribution in [0, 0.1) is 0 Å². The van der Waals surface area contributed by atoms with Gasteiger partial charge in [0.05, 0.1) is 0 Å². The number of hydrogen-bond acceptors (Lipinski definition) is 2. The SMILES string of the molecule is ClC(Cl)Cl.O=C(C(=O)c1ccccc1)c1ccccc1. The first-order chi connectivity index (χ1) is 9.52. The molecule has 0 bridgehead atoms. The third-order valence-corrected chi connectivity index (χ3v) is 2.28. The van der Waals surface area contributed by atoms with Crippen LogP contribution in [-0.2, 0) is 0 Å². The summed E-state index contributed by atoms with van der Waals surface area (Å²) in [6, 6.07) is 17.2. The highest BCUT2D eigenvalue weighted by atomic mass is 35.6. The van der Waals surface area contributed by atoms with Crippen molar-refractivity contribution < 1.29 is 9.59 Å². The molecule has 0 aliphatic rings. The Morgan fingerprint density at radius 3 is 1.15 bits per heavy atom. The lowest BCUT2D eigenvalue weighted by atomic mass is 10.0. The Balaban J connectivity index is 0.000000444. The summed E-state index contributed by atoms with van der Waals surface area (Å²) in [6.07, 6.45) is 0. The van der Waals surface area contributed by atoms with Crippen LogP contribution in [0.1, 0.15) is 20.7 Å². The second-order valence-corrected chi connectivity index (χ2v) is 5.62. The standard InChI is InChI=1S/C14H10O2.CHCl3/c15-13(11-7-3-1-4-8-11)14(16)12-9-5-2-6-10-12;2-1(3)4/h1-10H;1H. The highest BCUT2D eigenvalue weighted by Crippen LogP contribution is 2.07. The zero-order chi connectivity index (χ0) is 15.0. The lowest BCUT2D eigenvalue weighted by Gasteiger charge is -1.99. The van der Waals surface area contributed by atoms with Gasteiger partial charge in [-0.15, -0.1) is 0 Å². The van der Waals surface area contributed by atoms with Gasteiger partial charge in [-0.25, -0.2) is 0 Å². The topological polar surface area (TPSA) is 34.1 Å². The summed E-state index contributed by atoms with van der Waals surface area (Å²) < 4.78 is -0.750. The molecule has 0 unspecified atom stereocenters. The van der Waals surface area contributed by atoms with Crippen LogP contribution in [0.25, 0.3) is 0 Å². The van der Waals surface area contributed by atoms with Crippen LogP contribution in [0.15, 0.2) is 60.7 Å². The second kappa shape index (κ2) is 8.75. The zero-order valence-electron chi connectivity index (χ0n) is 10.3. The van der Waals surface area contributed by atoms with Crippen molar-refractivity contribution in [3.63, 3.8) is 0 Å². The maximum atomic E-state index is 11.8. The molecule has 2 aromatic rings. The van der Waals surface area contributed by atoms with E-state index < -0.39 is 15.9 Å². The Labute approximate surface area is 132 Å². The molecule has 0 N–H and O–H groups in total. The molecule has 0 aliphatic heterocycles. The fraction of sp³-hybridized carbons (Fsp3) is 0.0667. The fourth-order valence-corrected chi connectivity index (χ4v) is 1.44. The monoisotopic (exact) mass is 328 g/mol. The van der Waals surface area contributed by atoms with E-state index in [-0.39, 0.29) is 0 Å². The third kappa shape index (κ3) is 5.74. The molecular weight excluding hydrogens is 319 g/mol. The predicted molar refractivity (Wildman–Crippen MR) is 82.9 cm³/mol. The van der Waals surface area contributed by atoms with E-state index in [9.17, 15) is 9.59 Å². The van der Waals surface area contributed by atoms with E-state index in [1.807, 2.05) is 12.1 Å². The number of alkyl halides is 3. The Bertz CT molecular complexity index is 502. The van der Waals surface area contributed by atoms with Crippen molar-refractivity contribution in [2.24, 2.45) is 0 Å². The maximum absolute atomic E-state index is 11.8. The molecule has 0 aromatic heterocycles. The van der Waals surface area contributed by atoms with Crippen molar-refractivity contribution in [1.29, 1.82) is 0 Å². The van der Waals surface area contributed by atoms with E-state index in [2.05, 4.69) is 0 Å². The minimum Gasteiger partial charge on any atom is -0.285 e. The van der Waals surface area contributed by atoms with Crippen molar-refractivity contribution in [3.8, 4) is 0 Å². The molecule has 5 heteroatoms. The van der Waals surface area contributed by atoms with E-state index in [0.717, 1.165) is 0 Å². The molecule has 0 aliphatic carbocycles. The van der Waals surface area contributed by atoms with Gasteiger partial charge in [0.25, 0.3) is 0 Å². The summed E-state index contributed by atoms with van der Waals surface area (Å²) >= 11 is 14.4. The van der Waals surface area contributed by atoms with Crippen LogP contribution in [0.5, 0.6) is 0 Å². The molecule has 20 heavy (non-hydrogen) atoms. The van der Waals surface area contributed by atoms with Crippen LogP contribution in [0.4, 0.5) is 0 Å². The zero-order valence-corrected chi connectivity index (χ0v) is 12.6. The molecule has 0 heterocycles. The molecule has 0 atom stereocenters. The maximum Gasteiger partial charge on any atom is 0.233 e. The van der Waals surface area contributed by atoms with Crippen molar-refractivity contribution in [1.82, 2.24) is 0 Å². The molecule has 2 nitrogen and oxygen atoms in total.